The Bertz CT molecular complexity index is 705. The summed E-state index contributed by atoms with van der Waals surface area (Å²) in [6.45, 7) is 5.89. The predicted octanol–water partition coefficient (Wildman–Crippen LogP) is 4.94. The van der Waals surface area contributed by atoms with Crippen molar-refractivity contribution in [1.29, 1.82) is 0 Å². The molecular formula is C20H27NO2. The number of ether oxygens (including phenoxy) is 1. The van der Waals surface area contributed by atoms with Crippen molar-refractivity contribution >= 4 is 11.0 Å². The molecule has 3 atom stereocenters. The maximum atomic E-state index is 6.32. The normalized spacial score (nSPS) is 27.7. The highest BCUT2D eigenvalue weighted by atomic mass is 16.5. The summed E-state index contributed by atoms with van der Waals surface area (Å²) >= 11 is 0. The fourth-order valence-corrected chi connectivity index (χ4v) is 4.58. The van der Waals surface area contributed by atoms with Gasteiger partial charge in [0.2, 0.25) is 0 Å². The molecule has 3 nitrogen and oxygen atoms in total. The van der Waals surface area contributed by atoms with Gasteiger partial charge in [0.05, 0.1) is 13.2 Å². The van der Waals surface area contributed by atoms with Crippen LogP contribution in [0, 0.1) is 5.92 Å². The quantitative estimate of drug-likeness (QED) is 0.802. The van der Waals surface area contributed by atoms with E-state index in [1.807, 2.05) is 6.07 Å². The Balaban J connectivity index is 1.79. The number of hydrogen-bond acceptors (Lipinski definition) is 3. The van der Waals surface area contributed by atoms with Gasteiger partial charge in [0.25, 0.3) is 0 Å². The number of furan rings is 1. The van der Waals surface area contributed by atoms with Crippen molar-refractivity contribution in [3.8, 4) is 5.75 Å². The lowest BCUT2D eigenvalue weighted by molar-refractivity contribution is 0.0357. The second-order valence-electron chi connectivity index (χ2n) is 7.14. The molecule has 1 aromatic heterocycles. The van der Waals surface area contributed by atoms with Crippen molar-refractivity contribution < 1.29 is 9.15 Å². The maximum absolute atomic E-state index is 6.32. The van der Waals surface area contributed by atoms with Crippen LogP contribution in [0.15, 0.2) is 22.6 Å². The summed E-state index contributed by atoms with van der Waals surface area (Å²) < 4.78 is 11.7. The molecule has 124 valence electrons. The molecule has 2 unspecified atom stereocenters. The van der Waals surface area contributed by atoms with E-state index in [0.717, 1.165) is 23.7 Å². The summed E-state index contributed by atoms with van der Waals surface area (Å²) in [6.07, 6.45) is 6.18. The van der Waals surface area contributed by atoms with Crippen molar-refractivity contribution in [1.82, 2.24) is 4.90 Å². The number of hydrogen-bond donors (Lipinski definition) is 0. The van der Waals surface area contributed by atoms with Crippen LogP contribution < -0.4 is 4.74 Å². The van der Waals surface area contributed by atoms with Gasteiger partial charge in [-0.3, -0.25) is 4.90 Å². The molecule has 2 aliphatic heterocycles. The first kappa shape index (κ1) is 15.1. The van der Waals surface area contributed by atoms with E-state index < -0.39 is 0 Å². The maximum Gasteiger partial charge on any atom is 0.134 e. The lowest BCUT2D eigenvalue weighted by Gasteiger charge is -2.46. The van der Waals surface area contributed by atoms with Crippen molar-refractivity contribution in [3.05, 3.63) is 29.5 Å². The molecule has 1 saturated heterocycles. The number of rotatable bonds is 3. The number of nitrogens with zero attached hydrogens (tertiary/aromatic N) is 1. The summed E-state index contributed by atoms with van der Waals surface area (Å²) in [4.78, 5) is 2.74. The molecule has 0 amide bonds. The van der Waals surface area contributed by atoms with Crippen LogP contribution in [0.4, 0.5) is 0 Å². The molecule has 0 radical (unpaired) electrons. The first-order valence-corrected chi connectivity index (χ1v) is 9.10. The van der Waals surface area contributed by atoms with Gasteiger partial charge in [-0.25, -0.2) is 0 Å². The van der Waals surface area contributed by atoms with Gasteiger partial charge in [0.15, 0.2) is 0 Å². The molecule has 23 heavy (non-hydrogen) atoms. The molecule has 2 aromatic rings. The van der Waals surface area contributed by atoms with Crippen LogP contribution >= 0.6 is 0 Å². The number of benzene rings is 1. The van der Waals surface area contributed by atoms with Gasteiger partial charge in [-0.2, -0.15) is 0 Å². The van der Waals surface area contributed by atoms with Crippen LogP contribution in [-0.2, 0) is 6.42 Å². The average Bonchev–Trinajstić information content (AvgIpc) is 2.98. The average molecular weight is 313 g/mol. The second-order valence-corrected chi connectivity index (χ2v) is 7.14. The summed E-state index contributed by atoms with van der Waals surface area (Å²) in [5.41, 5.74) is 2.45. The van der Waals surface area contributed by atoms with E-state index in [1.165, 1.54) is 48.9 Å². The van der Waals surface area contributed by atoms with Crippen molar-refractivity contribution in [2.45, 2.75) is 58.0 Å². The predicted molar refractivity (Wildman–Crippen MR) is 93.0 cm³/mol. The van der Waals surface area contributed by atoms with Gasteiger partial charge in [0, 0.05) is 23.5 Å². The first-order chi connectivity index (χ1) is 11.2. The molecule has 1 aromatic carbocycles. The standard InChI is InChI=1S/C20H27NO2/c1-4-13-6-8-18-20-17(10-14(5-2)21(18)12-13)16-11-15(22-3)7-9-19(16)23-20/h7,9,11,13-14,18H,4-6,8,10,12H2,1-3H3/t13?,14-,18?/m1/s1. The zero-order chi connectivity index (χ0) is 16.0. The number of fused-ring (bicyclic) bond motifs is 5. The third-order valence-corrected chi connectivity index (χ3v) is 6.01. The van der Waals surface area contributed by atoms with Crippen molar-refractivity contribution in [3.63, 3.8) is 0 Å². The van der Waals surface area contributed by atoms with E-state index in [0.29, 0.717) is 12.1 Å². The van der Waals surface area contributed by atoms with Gasteiger partial charge in [-0.05, 0) is 49.8 Å². The minimum absolute atomic E-state index is 0.477. The molecule has 4 rings (SSSR count). The summed E-state index contributed by atoms with van der Waals surface area (Å²) in [7, 11) is 1.73. The minimum Gasteiger partial charge on any atom is -0.497 e. The molecule has 0 N–H and O–H groups in total. The molecule has 0 aliphatic carbocycles. The Morgan fingerprint density at radius 2 is 2.09 bits per heavy atom. The second kappa shape index (κ2) is 5.86. The van der Waals surface area contributed by atoms with Crippen LogP contribution in [0.25, 0.3) is 11.0 Å². The van der Waals surface area contributed by atoms with Crippen molar-refractivity contribution in [2.24, 2.45) is 5.92 Å². The van der Waals surface area contributed by atoms with E-state index in [-0.39, 0.29) is 0 Å². The molecular weight excluding hydrogens is 286 g/mol. The highest BCUT2D eigenvalue weighted by molar-refractivity contribution is 5.84. The zero-order valence-corrected chi connectivity index (χ0v) is 14.5. The molecule has 3 heteroatoms. The largest absolute Gasteiger partial charge is 0.497 e. The van der Waals surface area contributed by atoms with Crippen LogP contribution in [0.5, 0.6) is 5.75 Å². The van der Waals surface area contributed by atoms with E-state index in [1.54, 1.807) is 7.11 Å². The van der Waals surface area contributed by atoms with Gasteiger partial charge >= 0.3 is 0 Å². The fourth-order valence-electron chi connectivity index (χ4n) is 4.58. The molecule has 1 fully saturated rings. The molecule has 0 spiro atoms. The summed E-state index contributed by atoms with van der Waals surface area (Å²) in [6, 6.07) is 7.34. The van der Waals surface area contributed by atoms with Crippen LogP contribution in [0.2, 0.25) is 0 Å². The van der Waals surface area contributed by atoms with Gasteiger partial charge in [-0.1, -0.05) is 20.3 Å². The van der Waals surface area contributed by atoms with Gasteiger partial charge < -0.3 is 9.15 Å². The Morgan fingerprint density at radius 3 is 2.83 bits per heavy atom. The third-order valence-electron chi connectivity index (χ3n) is 6.01. The smallest absolute Gasteiger partial charge is 0.134 e. The van der Waals surface area contributed by atoms with E-state index in [9.17, 15) is 0 Å². The first-order valence-electron chi connectivity index (χ1n) is 9.10. The minimum atomic E-state index is 0.477. The van der Waals surface area contributed by atoms with Crippen LogP contribution in [-0.4, -0.2) is 24.6 Å². The zero-order valence-electron chi connectivity index (χ0n) is 14.5. The van der Waals surface area contributed by atoms with Gasteiger partial charge in [0.1, 0.15) is 17.1 Å². The Kier molecular flexibility index (Phi) is 3.84. The number of methoxy groups -OCH3 is 1. The molecule has 3 heterocycles. The lowest BCUT2D eigenvalue weighted by atomic mass is 9.82. The molecule has 2 aliphatic rings. The van der Waals surface area contributed by atoms with Gasteiger partial charge in [-0.15, -0.1) is 0 Å². The molecule has 0 bridgehead atoms. The Labute approximate surface area is 138 Å². The number of piperidine rings is 1. The monoisotopic (exact) mass is 313 g/mol. The lowest BCUT2D eigenvalue weighted by Crippen LogP contribution is -2.48. The fraction of sp³-hybridized carbons (Fsp3) is 0.600. The van der Waals surface area contributed by atoms with E-state index in [2.05, 4.69) is 30.9 Å². The third kappa shape index (κ3) is 2.37. The van der Waals surface area contributed by atoms with Crippen LogP contribution in [0.3, 0.4) is 0 Å². The highest BCUT2D eigenvalue weighted by Crippen LogP contribution is 2.46. The molecule has 0 saturated carbocycles. The summed E-state index contributed by atoms with van der Waals surface area (Å²) in [5.74, 6) is 3.00. The topological polar surface area (TPSA) is 25.6 Å². The van der Waals surface area contributed by atoms with Crippen LogP contribution in [0.1, 0.15) is 56.9 Å². The van der Waals surface area contributed by atoms with Crippen molar-refractivity contribution in [2.75, 3.05) is 13.7 Å². The Morgan fingerprint density at radius 1 is 1.22 bits per heavy atom. The summed E-state index contributed by atoms with van der Waals surface area (Å²) in [5, 5.41) is 1.26. The van der Waals surface area contributed by atoms with E-state index >= 15 is 0 Å². The van der Waals surface area contributed by atoms with E-state index in [4.69, 9.17) is 9.15 Å². The highest BCUT2D eigenvalue weighted by Gasteiger charge is 2.40. The SMILES string of the molecule is CCC1CCC2c3oc4ccc(OC)cc4c3C[C@@H](CC)N2C1. The Hall–Kier alpha value is -1.48.